The van der Waals surface area contributed by atoms with Crippen molar-refractivity contribution >= 4 is 11.9 Å². The number of carbonyl (C=O) groups excluding carboxylic acids is 1. The number of nitro groups is 1. The molecule has 0 saturated carbocycles. The molecule has 0 aliphatic carbocycles. The van der Waals surface area contributed by atoms with E-state index in [0.29, 0.717) is 44.3 Å². The maximum atomic E-state index is 12.8. The number of hydrogen-bond donors (Lipinski definition) is 0. The number of rotatable bonds is 4. The predicted octanol–water partition coefficient (Wildman–Crippen LogP) is 1.34. The van der Waals surface area contributed by atoms with Crippen LogP contribution in [0.3, 0.4) is 0 Å². The lowest BCUT2D eigenvalue weighted by atomic mass is 10.1. The van der Waals surface area contributed by atoms with Crippen LogP contribution >= 0.6 is 0 Å². The largest absolute Gasteiger partial charge is 0.381 e. The van der Waals surface area contributed by atoms with Crippen LogP contribution in [0.4, 0.5) is 0 Å². The van der Waals surface area contributed by atoms with Crippen LogP contribution in [-0.4, -0.2) is 59.5 Å². The molecule has 2 fully saturated rings. The molecule has 0 bridgehead atoms. The molecule has 0 N–H and O–H groups in total. The highest BCUT2D eigenvalue weighted by molar-refractivity contribution is 6.07. The van der Waals surface area contributed by atoms with Crippen LogP contribution in [0.15, 0.2) is 29.4 Å². The zero-order valence-electron chi connectivity index (χ0n) is 13.6. The minimum atomic E-state index is -0.739. The van der Waals surface area contributed by atoms with Crippen LogP contribution in [0.5, 0.6) is 0 Å². The van der Waals surface area contributed by atoms with Gasteiger partial charge in [-0.3, -0.25) is 9.69 Å². The number of guanidine groups is 1. The van der Waals surface area contributed by atoms with Crippen LogP contribution in [-0.2, 0) is 4.74 Å². The monoisotopic (exact) mass is 332 g/mol. The zero-order chi connectivity index (χ0) is 17.1. The zero-order valence-corrected chi connectivity index (χ0v) is 13.6. The van der Waals surface area contributed by atoms with Gasteiger partial charge in [-0.25, -0.2) is 10.1 Å². The summed E-state index contributed by atoms with van der Waals surface area (Å²) in [6, 6.07) is 7.22. The fourth-order valence-corrected chi connectivity index (χ4v) is 3.14. The van der Waals surface area contributed by atoms with Gasteiger partial charge >= 0.3 is 0 Å². The fraction of sp³-hybridized carbons (Fsp3) is 0.500. The highest BCUT2D eigenvalue weighted by atomic mass is 16.7. The Balaban J connectivity index is 1.83. The van der Waals surface area contributed by atoms with E-state index in [9.17, 15) is 14.9 Å². The van der Waals surface area contributed by atoms with Gasteiger partial charge in [0.1, 0.15) is 5.10 Å². The lowest BCUT2D eigenvalue weighted by Gasteiger charge is -2.22. The van der Waals surface area contributed by atoms with Crippen LogP contribution in [0.25, 0.3) is 0 Å². The quantitative estimate of drug-likeness (QED) is 0.613. The molecule has 2 saturated heterocycles. The first kappa shape index (κ1) is 16.4. The molecule has 8 nitrogen and oxygen atoms in total. The van der Waals surface area contributed by atoms with E-state index in [0.717, 1.165) is 12.0 Å². The van der Waals surface area contributed by atoms with Crippen molar-refractivity contribution in [2.75, 3.05) is 32.8 Å². The third kappa shape index (κ3) is 3.38. The van der Waals surface area contributed by atoms with Crippen molar-refractivity contribution in [3.05, 3.63) is 45.5 Å². The van der Waals surface area contributed by atoms with Crippen molar-refractivity contribution in [2.45, 2.75) is 13.3 Å². The van der Waals surface area contributed by atoms with Gasteiger partial charge in [0.25, 0.3) is 11.9 Å². The molecule has 128 valence electrons. The Morgan fingerprint density at radius 2 is 2.21 bits per heavy atom. The van der Waals surface area contributed by atoms with Gasteiger partial charge in [0.2, 0.25) is 0 Å². The number of ether oxygens (including phenoxy) is 1. The molecule has 1 amide bonds. The highest BCUT2D eigenvalue weighted by Crippen LogP contribution is 2.20. The highest BCUT2D eigenvalue weighted by Gasteiger charge is 2.36. The number of hydrazone groups is 1. The van der Waals surface area contributed by atoms with Crippen molar-refractivity contribution in [3.8, 4) is 0 Å². The van der Waals surface area contributed by atoms with Crippen LogP contribution < -0.4 is 0 Å². The van der Waals surface area contributed by atoms with E-state index in [-0.39, 0.29) is 11.9 Å². The SMILES string of the molecule is Cc1ccccc1C(=O)N1CCN(CC2CCOC2)C1=N[N+](=O)[O-]. The molecule has 8 heteroatoms. The van der Waals surface area contributed by atoms with Crippen molar-refractivity contribution < 1.29 is 14.6 Å². The minimum absolute atomic E-state index is 0.125. The average Bonchev–Trinajstić information content (AvgIpc) is 3.18. The molecule has 1 aromatic rings. The number of nitrogens with zero attached hydrogens (tertiary/aromatic N) is 4. The second kappa shape index (κ2) is 6.96. The number of hydrogen-bond acceptors (Lipinski definition) is 4. The molecule has 1 atom stereocenters. The second-order valence-electron chi connectivity index (χ2n) is 6.09. The Morgan fingerprint density at radius 1 is 1.42 bits per heavy atom. The summed E-state index contributed by atoms with van der Waals surface area (Å²) < 4.78 is 5.36. The van der Waals surface area contributed by atoms with Gasteiger partial charge in [0, 0.05) is 37.7 Å². The van der Waals surface area contributed by atoms with E-state index in [4.69, 9.17) is 4.74 Å². The normalized spacial score (nSPS) is 22.4. The maximum Gasteiger partial charge on any atom is 0.281 e. The summed E-state index contributed by atoms with van der Waals surface area (Å²) in [5.74, 6) is 0.189. The van der Waals surface area contributed by atoms with E-state index in [1.54, 1.807) is 12.1 Å². The molecule has 0 spiro atoms. The van der Waals surface area contributed by atoms with Crippen molar-refractivity contribution in [1.29, 1.82) is 0 Å². The van der Waals surface area contributed by atoms with E-state index >= 15 is 0 Å². The van der Waals surface area contributed by atoms with E-state index in [1.165, 1.54) is 4.90 Å². The van der Waals surface area contributed by atoms with Gasteiger partial charge < -0.3 is 9.64 Å². The van der Waals surface area contributed by atoms with Crippen LogP contribution in [0.2, 0.25) is 0 Å². The minimum Gasteiger partial charge on any atom is -0.381 e. The van der Waals surface area contributed by atoms with Crippen molar-refractivity contribution in [3.63, 3.8) is 0 Å². The predicted molar refractivity (Wildman–Crippen MR) is 87.1 cm³/mol. The average molecular weight is 332 g/mol. The molecular formula is C16H20N4O4. The molecule has 24 heavy (non-hydrogen) atoms. The first-order valence-corrected chi connectivity index (χ1v) is 7.99. The molecule has 1 aromatic carbocycles. The smallest absolute Gasteiger partial charge is 0.281 e. The lowest BCUT2D eigenvalue weighted by molar-refractivity contribution is -0.486. The third-order valence-electron chi connectivity index (χ3n) is 4.41. The van der Waals surface area contributed by atoms with Gasteiger partial charge in [-0.1, -0.05) is 18.2 Å². The van der Waals surface area contributed by atoms with Crippen LogP contribution in [0, 0.1) is 23.0 Å². The third-order valence-corrected chi connectivity index (χ3v) is 4.41. The lowest BCUT2D eigenvalue weighted by Crippen LogP contribution is -2.40. The van der Waals surface area contributed by atoms with E-state index < -0.39 is 5.03 Å². The summed E-state index contributed by atoms with van der Waals surface area (Å²) in [6.45, 7) is 4.76. The standard InChI is InChI=1S/C16H20N4O4/c1-12-4-2-3-5-14(12)15(21)19-8-7-18(16(19)17-20(22)23)10-13-6-9-24-11-13/h2-5,13H,6-11H2,1H3. The summed E-state index contributed by atoms with van der Waals surface area (Å²) in [7, 11) is 0. The summed E-state index contributed by atoms with van der Waals surface area (Å²) in [5, 5.41) is 13.7. The van der Waals surface area contributed by atoms with Crippen LogP contribution in [0.1, 0.15) is 22.3 Å². The second-order valence-corrected chi connectivity index (χ2v) is 6.09. The van der Waals surface area contributed by atoms with Crippen molar-refractivity contribution in [2.24, 2.45) is 11.0 Å². The number of carbonyl (C=O) groups is 1. The molecule has 0 radical (unpaired) electrons. The topological polar surface area (TPSA) is 88.3 Å². The molecule has 2 heterocycles. The van der Waals surface area contributed by atoms with Gasteiger partial charge in [0.05, 0.1) is 6.61 Å². The first-order valence-electron chi connectivity index (χ1n) is 7.99. The Kier molecular flexibility index (Phi) is 4.75. The number of aryl methyl sites for hydroxylation is 1. The Labute approximate surface area is 139 Å². The maximum absolute atomic E-state index is 12.8. The summed E-state index contributed by atoms with van der Waals surface area (Å²) in [4.78, 5) is 27.0. The van der Waals surface area contributed by atoms with E-state index in [2.05, 4.69) is 5.10 Å². The van der Waals surface area contributed by atoms with Gasteiger partial charge in [-0.15, -0.1) is 0 Å². The summed E-state index contributed by atoms with van der Waals surface area (Å²) >= 11 is 0. The Bertz CT molecular complexity index is 670. The summed E-state index contributed by atoms with van der Waals surface area (Å²) in [5.41, 5.74) is 1.38. The molecule has 2 aliphatic heterocycles. The molecule has 2 aliphatic rings. The van der Waals surface area contributed by atoms with Gasteiger partial charge in [-0.2, -0.15) is 0 Å². The number of amides is 1. The fourth-order valence-electron chi connectivity index (χ4n) is 3.14. The molecule has 3 rings (SSSR count). The van der Waals surface area contributed by atoms with Crippen molar-refractivity contribution in [1.82, 2.24) is 9.80 Å². The number of benzene rings is 1. The van der Waals surface area contributed by atoms with E-state index in [1.807, 2.05) is 24.0 Å². The molecular weight excluding hydrogens is 312 g/mol. The van der Waals surface area contributed by atoms with Gasteiger partial charge in [-0.05, 0) is 25.0 Å². The first-order chi connectivity index (χ1) is 11.6. The molecule has 1 unspecified atom stereocenters. The summed E-state index contributed by atoms with van der Waals surface area (Å²) in [6.07, 6.45) is 0.925. The Morgan fingerprint density at radius 3 is 2.88 bits per heavy atom. The molecule has 0 aromatic heterocycles. The Hall–Kier alpha value is -2.48. The van der Waals surface area contributed by atoms with Gasteiger partial charge in [0.15, 0.2) is 5.03 Å².